The van der Waals surface area contributed by atoms with Crippen molar-refractivity contribution in [3.63, 3.8) is 0 Å². The molecule has 0 spiro atoms. The van der Waals surface area contributed by atoms with Gasteiger partial charge in [0, 0.05) is 76.0 Å². The van der Waals surface area contributed by atoms with Gasteiger partial charge in [0.1, 0.15) is 46.0 Å². The van der Waals surface area contributed by atoms with Gasteiger partial charge in [0.15, 0.2) is 26.4 Å². The Hall–Kier alpha value is -9.26. The number of aliphatic carboxylic acids is 2. The van der Waals surface area contributed by atoms with Crippen LogP contribution in [-0.2, 0) is 114 Å². The number of benzene rings is 8. The number of aromatic hydroxyl groups is 4. The van der Waals surface area contributed by atoms with Crippen LogP contribution in [0.2, 0.25) is 0 Å². The first kappa shape index (κ1) is 91.1. The van der Waals surface area contributed by atoms with E-state index in [1.807, 2.05) is 48.5 Å². The zero-order valence-corrected chi connectivity index (χ0v) is 76.0. The van der Waals surface area contributed by atoms with Crippen molar-refractivity contribution in [2.75, 3.05) is 51.0 Å². The van der Waals surface area contributed by atoms with E-state index in [1.54, 1.807) is 21.6 Å². The van der Waals surface area contributed by atoms with Crippen molar-refractivity contribution in [3.8, 4) is 46.0 Å². The van der Waals surface area contributed by atoms with Gasteiger partial charge in [0.2, 0.25) is 0 Å². The summed E-state index contributed by atoms with van der Waals surface area (Å²) in [7, 11) is 3.12. The number of hydrogen-bond donors (Lipinski definition) is 8. The summed E-state index contributed by atoms with van der Waals surface area (Å²) in [6, 6.07) is 33.0. The Bertz CT molecular complexity index is 4570. The van der Waals surface area contributed by atoms with Crippen LogP contribution in [0.4, 0.5) is 0 Å². The molecule has 0 aliphatic heterocycles. The fourth-order valence-electron chi connectivity index (χ4n) is 15.3. The van der Waals surface area contributed by atoms with Gasteiger partial charge < -0.3 is 60.2 Å². The summed E-state index contributed by atoms with van der Waals surface area (Å²) in [6.07, 6.45) is 1.69. The smallest absolute Gasteiger partial charge is 0.341 e. The number of carbonyl (C=O) groups is 4. The SMILES string of the molecule is CC(C)(C)c1cc2c(O)c(c1)Cc1cc(C(C)(C)C)cc(c1OCC(=O)NCCSSCCNC(=O)COc1c3cc(C(C)(C)C)cc1Cc1cc(C(C)(C)C)cc(c1O)Cc1cc(C(C)(C)C)cc(c1OCC(=O)O)Cc1cc(C(C)(C)C)cc(c1O)C3)Cc1cc(C(C)(C)C)cc(c1O)Cc1cc(C(C)(C)C)cc(c1OCC(=O)O)C2. The average Bonchev–Trinajstić information content (AvgIpc) is 0.763. The van der Waals surface area contributed by atoms with Crippen molar-refractivity contribution in [1.29, 1.82) is 0 Å². The third-order valence-corrected chi connectivity index (χ3v) is 24.9. The Kier molecular flexibility index (Phi) is 27.2. The molecule has 8 aromatic carbocycles. The Labute approximate surface area is 708 Å². The van der Waals surface area contributed by atoms with E-state index in [1.165, 1.54) is 0 Å². The normalized spacial score (nSPS) is 13.7. The molecule has 2 amide bonds. The number of nitrogens with one attached hydrogen (secondary N) is 2. The lowest BCUT2D eigenvalue weighted by molar-refractivity contribution is -0.140. The van der Waals surface area contributed by atoms with Gasteiger partial charge >= 0.3 is 11.9 Å². The maximum Gasteiger partial charge on any atom is 0.341 e. The van der Waals surface area contributed by atoms with Gasteiger partial charge in [-0.15, -0.1) is 0 Å². The minimum atomic E-state index is -1.13. The largest absolute Gasteiger partial charge is 0.507 e. The fourth-order valence-corrected chi connectivity index (χ4v) is 17.1. The van der Waals surface area contributed by atoms with Gasteiger partial charge in [-0.25, -0.2) is 9.59 Å². The first-order valence-electron chi connectivity index (χ1n) is 41.4. The molecule has 0 atom stereocenters. The topological polar surface area (TPSA) is 251 Å². The minimum Gasteiger partial charge on any atom is -0.507 e. The van der Waals surface area contributed by atoms with Crippen molar-refractivity contribution in [2.45, 2.75) is 261 Å². The molecule has 0 saturated heterocycles. The Morgan fingerprint density at radius 1 is 0.263 bits per heavy atom. The van der Waals surface area contributed by atoms with Crippen LogP contribution in [0.15, 0.2) is 97.1 Å². The number of rotatable bonds is 19. The quantitative estimate of drug-likeness (QED) is 0.0277. The first-order chi connectivity index (χ1) is 54.6. The fraction of sp³-hybridized carbons (Fsp3) is 0.480. The Morgan fingerprint density at radius 3 is 0.551 bits per heavy atom. The monoisotopic (exact) mass is 1640 g/mol. The van der Waals surface area contributed by atoms with Gasteiger partial charge in [-0.2, -0.15) is 0 Å². The molecular formula is C100H128N2O14S2. The second kappa shape index (κ2) is 35.2. The summed E-state index contributed by atoms with van der Waals surface area (Å²) >= 11 is 0. The number of ether oxygens (including phenoxy) is 4. The first-order valence-corrected chi connectivity index (χ1v) is 43.9. The van der Waals surface area contributed by atoms with Crippen molar-refractivity contribution in [1.82, 2.24) is 10.6 Å². The van der Waals surface area contributed by atoms with E-state index in [9.17, 15) is 49.8 Å². The number of fused-ring (bicyclic) bond motifs is 16. The maximum absolute atomic E-state index is 14.2. The van der Waals surface area contributed by atoms with E-state index >= 15 is 0 Å². The highest BCUT2D eigenvalue weighted by Gasteiger charge is 2.34. The molecule has 2 aliphatic carbocycles. The van der Waals surface area contributed by atoms with Crippen molar-refractivity contribution < 1.29 is 68.8 Å². The highest BCUT2D eigenvalue weighted by Crippen LogP contribution is 2.48. The molecule has 0 radical (unpaired) electrons. The van der Waals surface area contributed by atoms with E-state index in [0.29, 0.717) is 114 Å². The molecule has 118 heavy (non-hydrogen) atoms. The van der Waals surface area contributed by atoms with E-state index in [-0.39, 0.29) is 143 Å². The van der Waals surface area contributed by atoms with E-state index in [0.717, 1.165) is 66.8 Å². The zero-order valence-electron chi connectivity index (χ0n) is 74.3. The molecule has 8 N–H and O–H groups in total. The summed E-state index contributed by atoms with van der Waals surface area (Å²) < 4.78 is 26.3. The number of phenolic OH excluding ortho intramolecular Hbond substituents is 4. The summed E-state index contributed by atoms with van der Waals surface area (Å²) in [4.78, 5) is 53.0. The molecule has 18 heteroatoms. The third kappa shape index (κ3) is 22.6. The van der Waals surface area contributed by atoms with E-state index < -0.39 is 25.2 Å². The standard InChI is InChI=1S/C100H128N2O14S2/c1-93(2,3)73-37-57-29-65-45-77(97(13,14)15)46-66(30-58-38-74(94(4,5)6)42-62(86(58)110)34-70-50-79(99(19,20)21)49-69(33-61(41-73)85(57)109)91(70)115-55-83(105)106)89(65)113-53-81(103)101-25-27-117-118-28-26-102-82(104)54-114-90-67-31-59-39-75(95(7,8)9)43-63(87(59)111)35-71-51-80(100(22,23)24)52-72(92(71)116-56-84(107)108)36-64-44-76(96(10,11)12)40-60(88(64)112)32-68(90)48-78(47-67)98(16,17)18/h37-52,109-112H,25-36,53-56H2,1-24H3,(H,101,103)(H,102,104)(H,105,106)(H,107,108). The molecule has 0 fully saturated rings. The summed E-state index contributed by atoms with van der Waals surface area (Å²) in [5.41, 5.74) is 16.0. The number of phenols is 4. The minimum absolute atomic E-state index is 0.0886. The number of hydrogen-bond acceptors (Lipinski definition) is 14. The molecule has 0 unspecified atom stereocenters. The summed E-state index contributed by atoms with van der Waals surface area (Å²) in [5.74, 6) is 0.280. The Balaban J connectivity index is 0.888. The van der Waals surface area contributed by atoms with Crippen LogP contribution in [0, 0.1) is 0 Å². The van der Waals surface area contributed by atoms with Crippen LogP contribution in [-0.4, -0.2) is 105 Å². The molecule has 0 saturated carbocycles. The molecule has 0 aromatic heterocycles. The van der Waals surface area contributed by atoms with Crippen LogP contribution < -0.4 is 29.6 Å². The van der Waals surface area contributed by atoms with Crippen LogP contribution in [0.5, 0.6) is 46.0 Å². The lowest BCUT2D eigenvalue weighted by Crippen LogP contribution is -2.31. The average molecular weight is 1650 g/mol. The van der Waals surface area contributed by atoms with Crippen LogP contribution in [0.3, 0.4) is 0 Å². The van der Waals surface area contributed by atoms with Crippen molar-refractivity contribution in [2.24, 2.45) is 0 Å². The van der Waals surface area contributed by atoms with E-state index in [4.69, 9.17) is 18.9 Å². The maximum atomic E-state index is 14.2. The van der Waals surface area contributed by atoms with Crippen LogP contribution in [0.1, 0.15) is 300 Å². The lowest BCUT2D eigenvalue weighted by Gasteiger charge is -2.28. The molecule has 16 nitrogen and oxygen atoms in total. The molecule has 8 aromatic rings. The van der Waals surface area contributed by atoms with E-state index in [2.05, 4.69) is 225 Å². The molecule has 16 bridgehead atoms. The third-order valence-electron chi connectivity index (χ3n) is 22.5. The highest BCUT2D eigenvalue weighted by molar-refractivity contribution is 8.76. The molecule has 0 heterocycles. The highest BCUT2D eigenvalue weighted by atomic mass is 33.1. The van der Waals surface area contributed by atoms with Gasteiger partial charge in [-0.05, 0) is 177 Å². The zero-order chi connectivity index (χ0) is 87.1. The van der Waals surface area contributed by atoms with Crippen molar-refractivity contribution in [3.05, 3.63) is 231 Å². The number of carboxylic acids is 2. The van der Waals surface area contributed by atoms with Crippen LogP contribution in [0.25, 0.3) is 0 Å². The lowest BCUT2D eigenvalue weighted by atomic mass is 9.79. The van der Waals surface area contributed by atoms with Gasteiger partial charge in [-0.1, -0.05) is 285 Å². The molecular weight excluding hydrogens is 1520 g/mol. The second-order valence-corrected chi connectivity index (χ2v) is 43.5. The number of amides is 2. The molecule has 634 valence electrons. The predicted octanol–water partition coefficient (Wildman–Crippen LogP) is 20.2. The second-order valence-electron chi connectivity index (χ2n) is 40.8. The summed E-state index contributed by atoms with van der Waals surface area (Å²) in [6.45, 7) is 50.0. The van der Waals surface area contributed by atoms with Crippen molar-refractivity contribution >= 4 is 45.3 Å². The summed E-state index contributed by atoms with van der Waals surface area (Å²) in [5, 5.41) is 77.3. The van der Waals surface area contributed by atoms with Crippen LogP contribution >= 0.6 is 21.6 Å². The number of carboxylic acid groups (broad SMARTS) is 2. The Morgan fingerprint density at radius 2 is 0.407 bits per heavy atom. The van der Waals surface area contributed by atoms with Gasteiger partial charge in [0.05, 0.1) is 0 Å². The molecule has 2 aliphatic rings. The van der Waals surface area contributed by atoms with Gasteiger partial charge in [-0.3, -0.25) is 9.59 Å². The predicted molar refractivity (Wildman–Crippen MR) is 478 cm³/mol. The van der Waals surface area contributed by atoms with Gasteiger partial charge in [0.25, 0.3) is 11.8 Å². The number of carbonyl (C=O) groups excluding carboxylic acids is 2. The molecule has 10 rings (SSSR count).